The van der Waals surface area contributed by atoms with Gasteiger partial charge < -0.3 is 10.8 Å². The third-order valence-corrected chi connectivity index (χ3v) is 3.71. The molecule has 0 aliphatic rings. The van der Waals surface area contributed by atoms with Crippen LogP contribution >= 0.6 is 0 Å². The molecule has 112 valence electrons. The Morgan fingerprint density at radius 1 is 1.15 bits per heavy atom. The molecule has 0 saturated carbocycles. The van der Waals surface area contributed by atoms with Gasteiger partial charge in [0, 0.05) is 6.54 Å². The Balaban J connectivity index is 2.65. The lowest BCUT2D eigenvalue weighted by Crippen LogP contribution is -2.28. The van der Waals surface area contributed by atoms with Crippen molar-refractivity contribution in [3.63, 3.8) is 0 Å². The summed E-state index contributed by atoms with van der Waals surface area (Å²) in [6.07, 6.45) is 9.66. The number of hydrogen-bond acceptors (Lipinski definition) is 2. The molecular formula is C18H29NO. The van der Waals surface area contributed by atoms with Gasteiger partial charge in [-0.3, -0.25) is 0 Å². The summed E-state index contributed by atoms with van der Waals surface area (Å²) in [5, 5.41) is 10.7. The Labute approximate surface area is 123 Å². The van der Waals surface area contributed by atoms with Gasteiger partial charge in [0.25, 0.3) is 0 Å². The maximum Gasteiger partial charge on any atom is 0.0650 e. The van der Waals surface area contributed by atoms with Crippen molar-refractivity contribution in [2.45, 2.75) is 58.0 Å². The van der Waals surface area contributed by atoms with Gasteiger partial charge in [-0.2, -0.15) is 0 Å². The quantitative estimate of drug-likeness (QED) is 0.717. The van der Waals surface area contributed by atoms with Gasteiger partial charge in [0.05, 0.1) is 5.60 Å². The van der Waals surface area contributed by atoms with Crippen molar-refractivity contribution >= 4 is 6.08 Å². The molecule has 2 nitrogen and oxygen atoms in total. The highest BCUT2D eigenvalue weighted by Crippen LogP contribution is 2.25. The molecular weight excluding hydrogens is 246 g/mol. The van der Waals surface area contributed by atoms with Crippen LogP contribution in [0.3, 0.4) is 0 Å². The van der Waals surface area contributed by atoms with Gasteiger partial charge in [0.15, 0.2) is 0 Å². The number of aliphatic hydroxyl groups is 1. The Morgan fingerprint density at radius 2 is 1.85 bits per heavy atom. The minimum atomic E-state index is -0.493. The molecule has 0 spiro atoms. The Bertz CT molecular complexity index is 406. The summed E-state index contributed by atoms with van der Waals surface area (Å²) in [5.41, 5.74) is 7.45. The topological polar surface area (TPSA) is 46.2 Å². The van der Waals surface area contributed by atoms with E-state index in [2.05, 4.69) is 38.1 Å². The second-order valence-corrected chi connectivity index (χ2v) is 5.61. The fraction of sp³-hybridized carbons (Fsp3) is 0.556. The van der Waals surface area contributed by atoms with Gasteiger partial charge in [-0.05, 0) is 36.8 Å². The summed E-state index contributed by atoms with van der Waals surface area (Å²) < 4.78 is 0. The molecule has 1 aromatic rings. The molecule has 20 heavy (non-hydrogen) atoms. The van der Waals surface area contributed by atoms with Gasteiger partial charge in [0.2, 0.25) is 0 Å². The predicted molar refractivity (Wildman–Crippen MR) is 87.6 cm³/mol. The molecule has 0 aromatic heterocycles. The number of nitrogens with two attached hydrogens (primary N) is 1. The van der Waals surface area contributed by atoms with Crippen molar-refractivity contribution < 1.29 is 5.11 Å². The number of aryl methyl sites for hydroxylation is 1. The average Bonchev–Trinajstić information content (AvgIpc) is 2.44. The summed E-state index contributed by atoms with van der Waals surface area (Å²) in [4.78, 5) is 0. The van der Waals surface area contributed by atoms with E-state index < -0.39 is 5.60 Å². The summed E-state index contributed by atoms with van der Waals surface area (Å²) in [5.74, 6) is 0. The molecule has 0 fully saturated rings. The number of benzene rings is 1. The van der Waals surface area contributed by atoms with E-state index in [1.54, 1.807) is 0 Å². The van der Waals surface area contributed by atoms with Crippen molar-refractivity contribution in [1.82, 2.24) is 0 Å². The van der Waals surface area contributed by atoms with E-state index in [4.69, 9.17) is 5.73 Å². The van der Waals surface area contributed by atoms with Crippen LogP contribution in [0.1, 0.15) is 57.1 Å². The molecule has 0 bridgehead atoms. The van der Waals surface area contributed by atoms with Crippen LogP contribution in [-0.4, -0.2) is 17.3 Å². The summed E-state index contributed by atoms with van der Waals surface area (Å²) in [6, 6.07) is 8.48. The predicted octanol–water partition coefficient (Wildman–Crippen LogP) is 3.92. The van der Waals surface area contributed by atoms with E-state index in [0.29, 0.717) is 6.54 Å². The highest BCUT2D eigenvalue weighted by molar-refractivity contribution is 5.50. The third kappa shape index (κ3) is 5.89. The van der Waals surface area contributed by atoms with Crippen LogP contribution in [0.5, 0.6) is 0 Å². The number of rotatable bonds is 9. The minimum Gasteiger partial charge on any atom is -0.390 e. The number of hydrogen-bond donors (Lipinski definition) is 2. The van der Waals surface area contributed by atoms with Gasteiger partial charge >= 0.3 is 0 Å². The van der Waals surface area contributed by atoms with Crippen molar-refractivity contribution in [3.8, 4) is 0 Å². The first-order chi connectivity index (χ1) is 9.63. The molecule has 1 rings (SSSR count). The van der Waals surface area contributed by atoms with Crippen LogP contribution in [0.25, 0.3) is 6.08 Å². The SMILES string of the molecule is CCCC(O)(CCC)CCc1cccc(C=CCN)c1. The monoisotopic (exact) mass is 275 g/mol. The van der Waals surface area contributed by atoms with E-state index in [9.17, 15) is 5.11 Å². The van der Waals surface area contributed by atoms with Gasteiger partial charge in [-0.1, -0.05) is 63.1 Å². The fourth-order valence-electron chi connectivity index (χ4n) is 2.74. The van der Waals surface area contributed by atoms with Gasteiger partial charge in [0.1, 0.15) is 0 Å². The van der Waals surface area contributed by atoms with Gasteiger partial charge in [-0.15, -0.1) is 0 Å². The molecule has 0 aliphatic heterocycles. The first-order valence-corrected chi connectivity index (χ1v) is 7.81. The standard InChI is InChI=1S/C18H29NO/c1-3-11-18(20,12-4-2)13-10-17-8-5-7-16(15-17)9-6-14-19/h5-9,15,20H,3-4,10-14,19H2,1-2H3. The molecule has 0 unspecified atom stereocenters. The van der Waals surface area contributed by atoms with Crippen molar-refractivity contribution in [1.29, 1.82) is 0 Å². The molecule has 2 heteroatoms. The normalized spacial score (nSPS) is 12.2. The van der Waals surface area contributed by atoms with Gasteiger partial charge in [-0.25, -0.2) is 0 Å². The maximum atomic E-state index is 10.7. The summed E-state index contributed by atoms with van der Waals surface area (Å²) in [7, 11) is 0. The van der Waals surface area contributed by atoms with Crippen molar-refractivity contribution in [2.24, 2.45) is 5.73 Å². The third-order valence-electron chi connectivity index (χ3n) is 3.71. The first kappa shape index (κ1) is 16.9. The second kappa shape index (κ2) is 8.93. The van der Waals surface area contributed by atoms with Crippen molar-refractivity contribution in [2.75, 3.05) is 6.54 Å². The summed E-state index contributed by atoms with van der Waals surface area (Å²) in [6.45, 7) is 4.84. The lowest BCUT2D eigenvalue weighted by molar-refractivity contribution is 0.0132. The Kier molecular flexibility index (Phi) is 7.56. The average molecular weight is 275 g/mol. The highest BCUT2D eigenvalue weighted by atomic mass is 16.3. The van der Waals surface area contributed by atoms with Crippen LogP contribution in [0.2, 0.25) is 0 Å². The largest absolute Gasteiger partial charge is 0.390 e. The van der Waals surface area contributed by atoms with E-state index in [1.165, 1.54) is 11.1 Å². The van der Waals surface area contributed by atoms with E-state index in [1.807, 2.05) is 12.2 Å². The van der Waals surface area contributed by atoms with E-state index >= 15 is 0 Å². The lowest BCUT2D eigenvalue weighted by Gasteiger charge is -2.27. The highest BCUT2D eigenvalue weighted by Gasteiger charge is 2.24. The van der Waals surface area contributed by atoms with E-state index in [0.717, 1.165) is 38.5 Å². The lowest BCUT2D eigenvalue weighted by atomic mass is 9.86. The molecule has 0 atom stereocenters. The molecule has 0 amide bonds. The maximum absolute atomic E-state index is 10.7. The van der Waals surface area contributed by atoms with Crippen LogP contribution in [0.4, 0.5) is 0 Å². The molecule has 0 heterocycles. The van der Waals surface area contributed by atoms with Crippen LogP contribution in [0.15, 0.2) is 30.3 Å². The van der Waals surface area contributed by atoms with Crippen molar-refractivity contribution in [3.05, 3.63) is 41.5 Å². The molecule has 1 aromatic carbocycles. The van der Waals surface area contributed by atoms with E-state index in [-0.39, 0.29) is 0 Å². The zero-order chi connectivity index (χ0) is 14.8. The zero-order valence-corrected chi connectivity index (χ0v) is 12.9. The van der Waals surface area contributed by atoms with Crippen LogP contribution < -0.4 is 5.73 Å². The summed E-state index contributed by atoms with van der Waals surface area (Å²) >= 11 is 0. The molecule has 0 aliphatic carbocycles. The Hall–Kier alpha value is -1.12. The zero-order valence-electron chi connectivity index (χ0n) is 12.9. The second-order valence-electron chi connectivity index (χ2n) is 5.61. The Morgan fingerprint density at radius 3 is 2.45 bits per heavy atom. The van der Waals surface area contributed by atoms with Crippen LogP contribution in [0, 0.1) is 0 Å². The molecule has 0 saturated heterocycles. The molecule has 3 N–H and O–H groups in total. The minimum absolute atomic E-state index is 0.493. The van der Waals surface area contributed by atoms with Crippen LogP contribution in [-0.2, 0) is 6.42 Å². The first-order valence-electron chi connectivity index (χ1n) is 7.81. The fourth-order valence-corrected chi connectivity index (χ4v) is 2.74. The molecule has 0 radical (unpaired) electrons. The smallest absolute Gasteiger partial charge is 0.0650 e.